The molecule has 6 nitrogen and oxygen atoms in total. The molecule has 3 rings (SSSR count). The second kappa shape index (κ2) is 8.31. The van der Waals surface area contributed by atoms with Gasteiger partial charge in [-0.15, -0.1) is 21.5 Å². The van der Waals surface area contributed by atoms with E-state index in [0.717, 1.165) is 23.5 Å². The molecule has 2 heterocycles. The lowest BCUT2D eigenvalue weighted by Crippen LogP contribution is -2.42. The lowest BCUT2D eigenvalue weighted by Gasteiger charge is -2.32. The van der Waals surface area contributed by atoms with Crippen molar-refractivity contribution >= 4 is 29.0 Å². The van der Waals surface area contributed by atoms with Gasteiger partial charge in [-0.3, -0.25) is 4.79 Å². The highest BCUT2D eigenvalue weighted by molar-refractivity contribution is 8.00. The first-order valence-electron chi connectivity index (χ1n) is 8.69. The minimum atomic E-state index is -0.234. The number of hydrogen-bond acceptors (Lipinski definition) is 7. The molecule has 8 heteroatoms. The summed E-state index contributed by atoms with van der Waals surface area (Å²) in [5, 5.41) is 11.4. The summed E-state index contributed by atoms with van der Waals surface area (Å²) in [7, 11) is 1.92. The van der Waals surface area contributed by atoms with Gasteiger partial charge in [-0.2, -0.15) is 0 Å². The fourth-order valence-corrected chi connectivity index (χ4v) is 4.55. The number of carbonyl (C=O) groups is 1. The summed E-state index contributed by atoms with van der Waals surface area (Å²) in [5.74, 6) is 0.667. The Morgan fingerprint density at radius 1 is 1.40 bits per heavy atom. The highest BCUT2D eigenvalue weighted by atomic mass is 32.2. The number of rotatable bonds is 6. The molecule has 25 heavy (non-hydrogen) atoms. The minimum Gasteiger partial charge on any atom is -0.416 e. The number of amides is 1. The third-order valence-corrected chi connectivity index (χ3v) is 6.29. The Kier molecular flexibility index (Phi) is 6.11. The number of thiazole rings is 1. The Bertz CT molecular complexity index is 709. The lowest BCUT2D eigenvalue weighted by molar-refractivity contribution is -0.131. The van der Waals surface area contributed by atoms with E-state index in [2.05, 4.69) is 15.2 Å². The van der Waals surface area contributed by atoms with Crippen molar-refractivity contribution in [2.45, 2.75) is 68.9 Å². The first kappa shape index (κ1) is 18.4. The van der Waals surface area contributed by atoms with Gasteiger partial charge in [0.15, 0.2) is 0 Å². The largest absolute Gasteiger partial charge is 0.416 e. The molecule has 0 aliphatic heterocycles. The van der Waals surface area contributed by atoms with Crippen LogP contribution in [-0.4, -0.2) is 44.3 Å². The van der Waals surface area contributed by atoms with Crippen LogP contribution in [0, 0.1) is 6.92 Å². The lowest BCUT2D eigenvalue weighted by atomic mass is 9.94. The number of aromatic nitrogens is 3. The molecule has 1 aliphatic rings. The zero-order valence-corrected chi connectivity index (χ0v) is 16.5. The van der Waals surface area contributed by atoms with Crippen molar-refractivity contribution in [2.75, 3.05) is 7.05 Å². The third-order valence-electron chi connectivity index (χ3n) is 4.54. The van der Waals surface area contributed by atoms with Gasteiger partial charge in [-0.05, 0) is 26.7 Å². The third kappa shape index (κ3) is 4.82. The summed E-state index contributed by atoms with van der Waals surface area (Å²) in [6.45, 7) is 3.87. The van der Waals surface area contributed by atoms with Gasteiger partial charge < -0.3 is 9.32 Å². The number of aryl methyl sites for hydroxylation is 1. The van der Waals surface area contributed by atoms with E-state index in [1.807, 2.05) is 31.2 Å². The molecule has 0 saturated heterocycles. The maximum Gasteiger partial charge on any atom is 0.277 e. The highest BCUT2D eigenvalue weighted by Gasteiger charge is 2.27. The molecule has 2 aromatic rings. The van der Waals surface area contributed by atoms with Gasteiger partial charge in [0, 0.05) is 18.5 Å². The second-order valence-corrected chi connectivity index (χ2v) is 8.85. The van der Waals surface area contributed by atoms with Crippen LogP contribution in [-0.2, 0) is 11.2 Å². The van der Waals surface area contributed by atoms with Crippen molar-refractivity contribution in [2.24, 2.45) is 0 Å². The summed E-state index contributed by atoms with van der Waals surface area (Å²) in [6.07, 6.45) is 6.46. The molecule has 0 spiro atoms. The number of carbonyl (C=O) groups excluding carboxylic acids is 1. The summed E-state index contributed by atoms with van der Waals surface area (Å²) in [6, 6.07) is 0.371. The maximum atomic E-state index is 12.7. The molecular weight excluding hydrogens is 356 g/mol. The van der Waals surface area contributed by atoms with Crippen molar-refractivity contribution in [3.05, 3.63) is 22.0 Å². The van der Waals surface area contributed by atoms with Crippen LogP contribution in [0.4, 0.5) is 0 Å². The van der Waals surface area contributed by atoms with E-state index in [1.165, 1.54) is 31.0 Å². The monoisotopic (exact) mass is 380 g/mol. The van der Waals surface area contributed by atoms with Crippen LogP contribution in [0.15, 0.2) is 15.0 Å². The maximum absolute atomic E-state index is 12.7. The van der Waals surface area contributed by atoms with Gasteiger partial charge in [-0.25, -0.2) is 4.98 Å². The average molecular weight is 381 g/mol. The fourth-order valence-electron chi connectivity index (χ4n) is 3.14. The Morgan fingerprint density at radius 2 is 2.16 bits per heavy atom. The Labute approximate surface area is 156 Å². The highest BCUT2D eigenvalue weighted by Crippen LogP contribution is 2.27. The molecule has 0 bridgehead atoms. The van der Waals surface area contributed by atoms with Crippen LogP contribution >= 0.6 is 23.1 Å². The average Bonchev–Trinajstić information content (AvgIpc) is 3.23. The second-order valence-electron chi connectivity index (χ2n) is 6.50. The molecule has 1 fully saturated rings. The van der Waals surface area contributed by atoms with Crippen molar-refractivity contribution in [1.29, 1.82) is 0 Å². The SMILES string of the molecule is Cc1nc(Cc2nnc(SC(C)C(=O)N(C)C3CCCCC3)o2)cs1. The summed E-state index contributed by atoms with van der Waals surface area (Å²) in [5.41, 5.74) is 0.934. The van der Waals surface area contributed by atoms with Crippen LogP contribution in [0.1, 0.15) is 55.6 Å². The summed E-state index contributed by atoms with van der Waals surface area (Å²) < 4.78 is 5.68. The van der Waals surface area contributed by atoms with Gasteiger partial charge in [0.2, 0.25) is 11.8 Å². The Balaban J connectivity index is 1.55. The van der Waals surface area contributed by atoms with Crippen molar-refractivity contribution < 1.29 is 9.21 Å². The van der Waals surface area contributed by atoms with Gasteiger partial charge in [0.1, 0.15) is 0 Å². The van der Waals surface area contributed by atoms with Crippen LogP contribution in [0.2, 0.25) is 0 Å². The van der Waals surface area contributed by atoms with Gasteiger partial charge in [0.25, 0.3) is 5.22 Å². The van der Waals surface area contributed by atoms with Crippen LogP contribution < -0.4 is 0 Å². The predicted molar refractivity (Wildman–Crippen MR) is 98.9 cm³/mol. The van der Waals surface area contributed by atoms with Crippen molar-refractivity contribution in [1.82, 2.24) is 20.1 Å². The van der Waals surface area contributed by atoms with E-state index < -0.39 is 0 Å². The van der Waals surface area contributed by atoms with E-state index >= 15 is 0 Å². The van der Waals surface area contributed by atoms with Crippen molar-refractivity contribution in [3.8, 4) is 0 Å². The number of thioether (sulfide) groups is 1. The molecule has 0 N–H and O–H groups in total. The van der Waals surface area contributed by atoms with Crippen LogP contribution in [0.25, 0.3) is 0 Å². The Hall–Kier alpha value is -1.41. The van der Waals surface area contributed by atoms with Crippen LogP contribution in [0.3, 0.4) is 0 Å². The van der Waals surface area contributed by atoms with E-state index in [4.69, 9.17) is 4.42 Å². The van der Waals surface area contributed by atoms with E-state index in [1.54, 1.807) is 11.3 Å². The first-order chi connectivity index (χ1) is 12.0. The van der Waals surface area contributed by atoms with Crippen LogP contribution in [0.5, 0.6) is 0 Å². The van der Waals surface area contributed by atoms with Gasteiger partial charge in [0.05, 0.1) is 22.4 Å². The van der Waals surface area contributed by atoms with E-state index in [-0.39, 0.29) is 11.2 Å². The smallest absolute Gasteiger partial charge is 0.277 e. The van der Waals surface area contributed by atoms with Crippen molar-refractivity contribution in [3.63, 3.8) is 0 Å². The fraction of sp³-hybridized carbons (Fsp3) is 0.647. The molecule has 1 atom stereocenters. The topological polar surface area (TPSA) is 72.1 Å². The number of hydrogen-bond donors (Lipinski definition) is 0. The zero-order valence-electron chi connectivity index (χ0n) is 14.9. The van der Waals surface area contributed by atoms with E-state index in [0.29, 0.717) is 23.6 Å². The minimum absolute atomic E-state index is 0.131. The molecule has 1 aliphatic carbocycles. The van der Waals surface area contributed by atoms with E-state index in [9.17, 15) is 4.79 Å². The zero-order chi connectivity index (χ0) is 17.8. The normalized spacial score (nSPS) is 16.8. The molecule has 1 saturated carbocycles. The molecule has 1 unspecified atom stereocenters. The van der Waals surface area contributed by atoms with Gasteiger partial charge in [-0.1, -0.05) is 31.0 Å². The molecule has 1 amide bonds. The van der Waals surface area contributed by atoms with Gasteiger partial charge >= 0.3 is 0 Å². The Morgan fingerprint density at radius 3 is 2.84 bits per heavy atom. The summed E-state index contributed by atoms with van der Waals surface area (Å²) >= 11 is 2.94. The summed E-state index contributed by atoms with van der Waals surface area (Å²) in [4.78, 5) is 19.0. The number of nitrogens with zero attached hydrogens (tertiary/aromatic N) is 4. The standard InChI is InChI=1S/C17H24N4O2S2/c1-11(16(22)21(3)14-7-5-4-6-8-14)25-17-20-19-15(23-17)9-13-10-24-12(2)18-13/h10-11,14H,4-9H2,1-3H3. The quantitative estimate of drug-likeness (QED) is 0.712. The molecular formula is C17H24N4O2S2. The molecule has 2 aromatic heterocycles. The molecule has 0 radical (unpaired) electrons. The molecule has 136 valence electrons. The first-order valence-corrected chi connectivity index (χ1v) is 10.5. The molecule has 0 aromatic carbocycles. The predicted octanol–water partition coefficient (Wildman–Crippen LogP) is 3.70.